The van der Waals surface area contributed by atoms with E-state index in [1.807, 2.05) is 25.2 Å². The number of ether oxygens (including phenoxy) is 1. The van der Waals surface area contributed by atoms with Gasteiger partial charge in [0.25, 0.3) is 0 Å². The third kappa shape index (κ3) is 2.09. The fourth-order valence-electron chi connectivity index (χ4n) is 2.60. The lowest BCUT2D eigenvalue weighted by atomic mass is 10.2. The molecular weight excluding hydrogens is 242 g/mol. The van der Waals surface area contributed by atoms with E-state index >= 15 is 0 Å². The van der Waals surface area contributed by atoms with Crippen molar-refractivity contribution in [3.8, 4) is 0 Å². The molecule has 2 unspecified atom stereocenters. The molecule has 19 heavy (non-hydrogen) atoms. The third-order valence-electron chi connectivity index (χ3n) is 3.73. The maximum absolute atomic E-state index is 9.27. The maximum atomic E-state index is 9.27. The molecule has 1 fully saturated rings. The number of aliphatic hydroxyl groups excluding tert-OH is 1. The van der Waals surface area contributed by atoms with Gasteiger partial charge in [-0.05, 0) is 19.1 Å². The highest BCUT2D eigenvalue weighted by molar-refractivity contribution is 5.78. The van der Waals surface area contributed by atoms with Gasteiger partial charge < -0.3 is 19.3 Å². The molecule has 0 radical (unpaired) electrons. The number of aromatic nitrogens is 2. The predicted octanol–water partition coefficient (Wildman–Crippen LogP) is 1.16. The smallest absolute Gasteiger partial charge is 0.206 e. The van der Waals surface area contributed by atoms with Crippen LogP contribution in [0.15, 0.2) is 24.3 Å². The van der Waals surface area contributed by atoms with Crippen LogP contribution in [0.4, 0.5) is 5.95 Å². The summed E-state index contributed by atoms with van der Waals surface area (Å²) in [5, 5.41) is 9.27. The number of para-hydroxylation sites is 2. The number of benzene rings is 1. The molecule has 5 nitrogen and oxygen atoms in total. The molecule has 1 aromatic heterocycles. The van der Waals surface area contributed by atoms with E-state index in [0.29, 0.717) is 13.2 Å². The molecule has 5 heteroatoms. The molecular formula is C14H19N3O2. The summed E-state index contributed by atoms with van der Waals surface area (Å²) < 4.78 is 7.68. The number of rotatable bonds is 2. The van der Waals surface area contributed by atoms with Crippen LogP contribution in [-0.4, -0.2) is 46.6 Å². The van der Waals surface area contributed by atoms with Crippen molar-refractivity contribution in [2.75, 3.05) is 24.7 Å². The van der Waals surface area contributed by atoms with Crippen molar-refractivity contribution in [2.24, 2.45) is 7.05 Å². The quantitative estimate of drug-likeness (QED) is 0.881. The fourth-order valence-corrected chi connectivity index (χ4v) is 2.60. The van der Waals surface area contributed by atoms with Crippen LogP contribution in [0.5, 0.6) is 0 Å². The van der Waals surface area contributed by atoms with Crippen molar-refractivity contribution < 1.29 is 9.84 Å². The molecule has 3 rings (SSSR count). The lowest BCUT2D eigenvalue weighted by molar-refractivity contribution is -0.0109. The van der Waals surface area contributed by atoms with Crippen molar-refractivity contribution in [1.82, 2.24) is 9.55 Å². The van der Waals surface area contributed by atoms with E-state index in [4.69, 9.17) is 9.72 Å². The van der Waals surface area contributed by atoms with E-state index in [1.54, 1.807) is 0 Å². The summed E-state index contributed by atoms with van der Waals surface area (Å²) in [7, 11) is 2.03. The van der Waals surface area contributed by atoms with E-state index < -0.39 is 0 Å². The minimum absolute atomic E-state index is 0.0488. The molecule has 2 atom stereocenters. The average molecular weight is 261 g/mol. The monoisotopic (exact) mass is 261 g/mol. The second-order valence-electron chi connectivity index (χ2n) is 5.10. The molecule has 1 aromatic carbocycles. The largest absolute Gasteiger partial charge is 0.394 e. The molecule has 0 aliphatic carbocycles. The van der Waals surface area contributed by atoms with Gasteiger partial charge in [0.2, 0.25) is 5.95 Å². The Bertz CT molecular complexity index is 581. The zero-order valence-corrected chi connectivity index (χ0v) is 11.3. The summed E-state index contributed by atoms with van der Waals surface area (Å²) in [4.78, 5) is 6.92. The summed E-state index contributed by atoms with van der Waals surface area (Å²) in [6.45, 7) is 3.46. The lowest BCUT2D eigenvalue weighted by Gasteiger charge is -2.38. The molecule has 1 N–H and O–H groups in total. The van der Waals surface area contributed by atoms with Crippen LogP contribution in [0.3, 0.4) is 0 Å². The summed E-state index contributed by atoms with van der Waals surface area (Å²) in [5.74, 6) is 0.940. The van der Waals surface area contributed by atoms with Crippen molar-refractivity contribution in [3.63, 3.8) is 0 Å². The first-order chi connectivity index (χ1) is 9.20. The Morgan fingerprint density at radius 1 is 1.42 bits per heavy atom. The first-order valence-corrected chi connectivity index (χ1v) is 6.61. The Hall–Kier alpha value is -1.59. The van der Waals surface area contributed by atoms with E-state index in [2.05, 4.69) is 22.5 Å². The highest BCUT2D eigenvalue weighted by Crippen LogP contribution is 2.25. The molecule has 1 aliphatic heterocycles. The minimum Gasteiger partial charge on any atom is -0.394 e. The van der Waals surface area contributed by atoms with Crippen molar-refractivity contribution in [1.29, 1.82) is 0 Å². The van der Waals surface area contributed by atoms with Crippen molar-refractivity contribution in [3.05, 3.63) is 24.3 Å². The van der Waals surface area contributed by atoms with Crippen LogP contribution >= 0.6 is 0 Å². The summed E-state index contributed by atoms with van der Waals surface area (Å²) in [6, 6.07) is 8.37. The van der Waals surface area contributed by atoms with E-state index in [-0.39, 0.29) is 18.8 Å². The summed E-state index contributed by atoms with van der Waals surface area (Å²) >= 11 is 0. The zero-order chi connectivity index (χ0) is 13.4. The number of imidazole rings is 1. The number of hydrogen-bond donors (Lipinski definition) is 1. The number of aryl methyl sites for hydroxylation is 1. The molecule has 0 saturated carbocycles. The first-order valence-electron chi connectivity index (χ1n) is 6.61. The number of morpholine rings is 1. The molecule has 2 heterocycles. The molecule has 2 aromatic rings. The number of aliphatic hydroxyl groups is 1. The Balaban J connectivity index is 2.00. The molecule has 1 aliphatic rings. The van der Waals surface area contributed by atoms with E-state index in [9.17, 15) is 5.11 Å². The van der Waals surface area contributed by atoms with Gasteiger partial charge in [0.1, 0.15) is 0 Å². The number of nitrogens with zero attached hydrogens (tertiary/aromatic N) is 3. The van der Waals surface area contributed by atoms with Crippen LogP contribution in [0.2, 0.25) is 0 Å². The van der Waals surface area contributed by atoms with Gasteiger partial charge in [-0.2, -0.15) is 0 Å². The highest BCUT2D eigenvalue weighted by atomic mass is 16.5. The molecule has 0 amide bonds. The van der Waals surface area contributed by atoms with Crippen LogP contribution in [0.1, 0.15) is 6.92 Å². The van der Waals surface area contributed by atoms with Gasteiger partial charge in [0.05, 0.1) is 36.4 Å². The van der Waals surface area contributed by atoms with Gasteiger partial charge in [-0.1, -0.05) is 12.1 Å². The molecule has 1 saturated heterocycles. The Kier molecular flexibility index (Phi) is 3.16. The highest BCUT2D eigenvalue weighted by Gasteiger charge is 2.28. The van der Waals surface area contributed by atoms with Gasteiger partial charge in [-0.3, -0.25) is 0 Å². The van der Waals surface area contributed by atoms with E-state index in [1.165, 1.54) is 0 Å². The zero-order valence-electron chi connectivity index (χ0n) is 11.3. The summed E-state index contributed by atoms with van der Waals surface area (Å²) in [6.07, 6.45) is -0.129. The lowest BCUT2D eigenvalue weighted by Crippen LogP contribution is -2.50. The molecule has 102 valence electrons. The standard InChI is InChI=1S/C14H19N3O2/c1-10-9-19-11(8-18)7-17(10)14-15-12-5-3-4-6-13(12)16(14)2/h3-6,10-11,18H,7-9H2,1-2H3. The third-order valence-corrected chi connectivity index (χ3v) is 3.73. The summed E-state index contributed by atoms with van der Waals surface area (Å²) in [5.41, 5.74) is 2.12. The van der Waals surface area contributed by atoms with Gasteiger partial charge in [-0.25, -0.2) is 4.98 Å². The van der Waals surface area contributed by atoms with Crippen molar-refractivity contribution in [2.45, 2.75) is 19.1 Å². The maximum Gasteiger partial charge on any atom is 0.206 e. The minimum atomic E-state index is -0.129. The normalized spacial score (nSPS) is 24.1. The number of hydrogen-bond acceptors (Lipinski definition) is 4. The van der Waals surface area contributed by atoms with Gasteiger partial charge in [0.15, 0.2) is 0 Å². The number of fused-ring (bicyclic) bond motifs is 1. The van der Waals surface area contributed by atoms with Crippen LogP contribution < -0.4 is 4.90 Å². The SMILES string of the molecule is CC1COC(CO)CN1c1nc2ccccc2n1C. The Morgan fingerprint density at radius 3 is 2.95 bits per heavy atom. The molecule has 0 bridgehead atoms. The molecule has 0 spiro atoms. The first kappa shape index (κ1) is 12.4. The number of anilines is 1. The predicted molar refractivity (Wildman–Crippen MR) is 74.3 cm³/mol. The van der Waals surface area contributed by atoms with Crippen LogP contribution in [0, 0.1) is 0 Å². The Labute approximate surface area is 112 Å². The van der Waals surface area contributed by atoms with Crippen LogP contribution in [-0.2, 0) is 11.8 Å². The van der Waals surface area contributed by atoms with E-state index in [0.717, 1.165) is 17.0 Å². The Morgan fingerprint density at radius 2 is 2.21 bits per heavy atom. The van der Waals surface area contributed by atoms with Gasteiger partial charge >= 0.3 is 0 Å². The fraction of sp³-hybridized carbons (Fsp3) is 0.500. The second-order valence-corrected chi connectivity index (χ2v) is 5.10. The second kappa shape index (κ2) is 4.83. The van der Waals surface area contributed by atoms with Crippen LogP contribution in [0.25, 0.3) is 11.0 Å². The average Bonchev–Trinajstić information content (AvgIpc) is 2.77. The van der Waals surface area contributed by atoms with Gasteiger partial charge in [0, 0.05) is 13.6 Å². The topological polar surface area (TPSA) is 50.5 Å². The van der Waals surface area contributed by atoms with Gasteiger partial charge in [-0.15, -0.1) is 0 Å². The van der Waals surface area contributed by atoms with Crippen molar-refractivity contribution >= 4 is 17.0 Å².